The summed E-state index contributed by atoms with van der Waals surface area (Å²) >= 11 is 0. The number of pyridine rings is 1. The molecule has 31 heavy (non-hydrogen) atoms. The quantitative estimate of drug-likeness (QED) is 0.398. The van der Waals surface area contributed by atoms with Gasteiger partial charge < -0.3 is 24.8 Å². The highest BCUT2D eigenvalue weighted by atomic mass is 16.5. The third-order valence-corrected chi connectivity index (χ3v) is 4.47. The minimum absolute atomic E-state index is 0.417. The fourth-order valence-electron chi connectivity index (χ4n) is 2.92. The average Bonchev–Trinajstić information content (AvgIpc) is 2.82. The Labute approximate surface area is 183 Å². The summed E-state index contributed by atoms with van der Waals surface area (Å²) in [5, 5.41) is 6.55. The van der Waals surface area contributed by atoms with Gasteiger partial charge in [0.05, 0.1) is 20.8 Å². The average molecular weight is 421 g/mol. The van der Waals surface area contributed by atoms with Gasteiger partial charge in [-0.15, -0.1) is 0 Å². The number of anilines is 1. The topological polar surface area (TPSA) is 77.0 Å². The van der Waals surface area contributed by atoms with E-state index in [2.05, 4.69) is 15.6 Å². The van der Waals surface area contributed by atoms with Gasteiger partial charge in [0.2, 0.25) is 5.88 Å². The lowest BCUT2D eigenvalue weighted by Crippen LogP contribution is -2.30. The summed E-state index contributed by atoms with van der Waals surface area (Å²) in [6.07, 6.45) is 1.72. The summed E-state index contributed by atoms with van der Waals surface area (Å²) in [4.78, 5) is 9.08. The SMILES string of the molecule is CCNC(=NCc1cccnc1OCc1ccccc1)Nc1ccc(OC)c(OC)c1. The van der Waals surface area contributed by atoms with Crippen LogP contribution in [0.1, 0.15) is 18.1 Å². The highest BCUT2D eigenvalue weighted by molar-refractivity contribution is 5.93. The maximum atomic E-state index is 5.94. The fourth-order valence-corrected chi connectivity index (χ4v) is 2.92. The van der Waals surface area contributed by atoms with E-state index in [-0.39, 0.29) is 0 Å². The molecule has 7 nitrogen and oxygen atoms in total. The highest BCUT2D eigenvalue weighted by Gasteiger charge is 2.08. The molecule has 0 radical (unpaired) electrons. The number of hydrogen-bond acceptors (Lipinski definition) is 5. The molecule has 3 aromatic rings. The molecule has 162 valence electrons. The van der Waals surface area contributed by atoms with Gasteiger partial charge in [-0.1, -0.05) is 36.4 Å². The number of nitrogens with one attached hydrogen (secondary N) is 2. The molecule has 2 aromatic carbocycles. The first-order valence-electron chi connectivity index (χ1n) is 10.1. The fraction of sp³-hybridized carbons (Fsp3) is 0.250. The second-order valence-electron chi connectivity index (χ2n) is 6.63. The first-order valence-corrected chi connectivity index (χ1v) is 10.1. The third-order valence-electron chi connectivity index (χ3n) is 4.47. The molecule has 0 amide bonds. The third kappa shape index (κ3) is 6.37. The van der Waals surface area contributed by atoms with Crippen molar-refractivity contribution in [2.75, 3.05) is 26.1 Å². The summed E-state index contributed by atoms with van der Waals surface area (Å²) in [6, 6.07) is 19.5. The second-order valence-corrected chi connectivity index (χ2v) is 6.63. The van der Waals surface area contributed by atoms with Crippen molar-refractivity contribution in [1.29, 1.82) is 0 Å². The lowest BCUT2D eigenvalue weighted by molar-refractivity contribution is 0.290. The summed E-state index contributed by atoms with van der Waals surface area (Å²) in [5.74, 6) is 2.54. The van der Waals surface area contributed by atoms with E-state index in [0.717, 1.165) is 23.4 Å². The van der Waals surface area contributed by atoms with Crippen LogP contribution in [0, 0.1) is 0 Å². The second kappa shape index (κ2) is 11.4. The van der Waals surface area contributed by atoms with Crippen molar-refractivity contribution in [1.82, 2.24) is 10.3 Å². The van der Waals surface area contributed by atoms with E-state index in [0.29, 0.717) is 36.5 Å². The van der Waals surface area contributed by atoms with E-state index in [1.54, 1.807) is 20.4 Å². The van der Waals surface area contributed by atoms with Crippen molar-refractivity contribution in [3.63, 3.8) is 0 Å². The molecule has 7 heteroatoms. The Morgan fingerprint density at radius 3 is 2.52 bits per heavy atom. The number of ether oxygens (including phenoxy) is 3. The van der Waals surface area contributed by atoms with Crippen LogP contribution in [-0.4, -0.2) is 31.7 Å². The molecule has 3 rings (SSSR count). The Morgan fingerprint density at radius 1 is 0.968 bits per heavy atom. The molecule has 1 aromatic heterocycles. The summed E-state index contributed by atoms with van der Waals surface area (Å²) in [6.45, 7) is 3.62. The standard InChI is InChI=1S/C24H28N4O3/c1-4-25-24(28-20-12-13-21(29-2)22(15-20)30-3)27-16-19-11-8-14-26-23(19)31-17-18-9-6-5-7-10-18/h5-15H,4,16-17H2,1-3H3,(H2,25,27,28). The van der Waals surface area contributed by atoms with Crippen molar-refractivity contribution >= 4 is 11.6 Å². The number of benzene rings is 2. The molecular formula is C24H28N4O3. The number of guanidine groups is 1. The van der Waals surface area contributed by atoms with Crippen LogP contribution in [0.2, 0.25) is 0 Å². The van der Waals surface area contributed by atoms with Crippen molar-refractivity contribution < 1.29 is 14.2 Å². The molecule has 0 unspecified atom stereocenters. The zero-order chi connectivity index (χ0) is 21.9. The predicted octanol–water partition coefficient (Wildman–Crippen LogP) is 4.26. The van der Waals surface area contributed by atoms with E-state index in [4.69, 9.17) is 19.2 Å². The molecule has 0 atom stereocenters. The Balaban J connectivity index is 1.72. The normalized spacial score (nSPS) is 11.0. The summed E-state index contributed by atoms with van der Waals surface area (Å²) < 4.78 is 16.6. The monoisotopic (exact) mass is 420 g/mol. The molecule has 0 bridgehead atoms. The Kier molecular flexibility index (Phi) is 8.11. The lowest BCUT2D eigenvalue weighted by Gasteiger charge is -2.14. The van der Waals surface area contributed by atoms with Gasteiger partial charge in [-0.25, -0.2) is 9.98 Å². The molecule has 0 spiro atoms. The number of hydrogen-bond donors (Lipinski definition) is 2. The number of aliphatic imine (C=N–C) groups is 1. The predicted molar refractivity (Wildman–Crippen MR) is 123 cm³/mol. The number of aromatic nitrogens is 1. The largest absolute Gasteiger partial charge is 0.493 e. The van der Waals surface area contributed by atoms with Gasteiger partial charge in [0.25, 0.3) is 0 Å². The van der Waals surface area contributed by atoms with Gasteiger partial charge in [0.1, 0.15) is 6.61 Å². The smallest absolute Gasteiger partial charge is 0.218 e. The van der Waals surface area contributed by atoms with Crippen molar-refractivity contribution in [2.24, 2.45) is 4.99 Å². The molecule has 0 aliphatic heterocycles. The summed E-state index contributed by atoms with van der Waals surface area (Å²) in [7, 11) is 3.22. The minimum Gasteiger partial charge on any atom is -0.493 e. The van der Waals surface area contributed by atoms with Gasteiger partial charge in [0.15, 0.2) is 17.5 Å². The number of nitrogens with zero attached hydrogens (tertiary/aromatic N) is 2. The van der Waals surface area contributed by atoms with E-state index in [1.165, 1.54) is 0 Å². The van der Waals surface area contributed by atoms with Crippen LogP contribution in [0.15, 0.2) is 71.9 Å². The maximum Gasteiger partial charge on any atom is 0.218 e. The number of rotatable bonds is 9. The molecule has 0 fully saturated rings. The van der Waals surface area contributed by atoms with Crippen LogP contribution in [-0.2, 0) is 13.2 Å². The van der Waals surface area contributed by atoms with Crippen LogP contribution in [0.4, 0.5) is 5.69 Å². The Morgan fingerprint density at radius 2 is 1.77 bits per heavy atom. The van der Waals surface area contributed by atoms with Crippen LogP contribution < -0.4 is 24.8 Å². The first-order chi connectivity index (χ1) is 15.2. The van der Waals surface area contributed by atoms with E-state index >= 15 is 0 Å². The first kappa shape index (κ1) is 22.0. The molecule has 1 heterocycles. The Hall–Kier alpha value is -3.74. The molecule has 0 saturated heterocycles. The van der Waals surface area contributed by atoms with E-state index < -0.39 is 0 Å². The Bertz CT molecular complexity index is 993. The van der Waals surface area contributed by atoms with Crippen molar-refractivity contribution in [3.8, 4) is 17.4 Å². The molecule has 0 aliphatic carbocycles. The number of methoxy groups -OCH3 is 2. The zero-order valence-electron chi connectivity index (χ0n) is 18.1. The van der Waals surface area contributed by atoms with Crippen LogP contribution in [0.25, 0.3) is 0 Å². The van der Waals surface area contributed by atoms with Crippen LogP contribution in [0.3, 0.4) is 0 Å². The molecule has 0 aliphatic rings. The van der Waals surface area contributed by atoms with Crippen molar-refractivity contribution in [3.05, 3.63) is 78.0 Å². The van der Waals surface area contributed by atoms with Crippen LogP contribution >= 0.6 is 0 Å². The molecule has 2 N–H and O–H groups in total. The highest BCUT2D eigenvalue weighted by Crippen LogP contribution is 2.29. The minimum atomic E-state index is 0.417. The van der Waals surface area contributed by atoms with E-state index in [1.807, 2.05) is 67.6 Å². The van der Waals surface area contributed by atoms with Crippen molar-refractivity contribution in [2.45, 2.75) is 20.1 Å². The van der Waals surface area contributed by atoms with Gasteiger partial charge in [-0.2, -0.15) is 0 Å². The van der Waals surface area contributed by atoms with Gasteiger partial charge in [-0.3, -0.25) is 0 Å². The van der Waals surface area contributed by atoms with Gasteiger partial charge in [0, 0.05) is 30.1 Å². The molecule has 0 saturated carbocycles. The summed E-state index contributed by atoms with van der Waals surface area (Å²) in [5.41, 5.74) is 2.83. The van der Waals surface area contributed by atoms with Gasteiger partial charge in [-0.05, 0) is 30.7 Å². The lowest BCUT2D eigenvalue weighted by atomic mass is 10.2. The van der Waals surface area contributed by atoms with Gasteiger partial charge >= 0.3 is 0 Å². The zero-order valence-corrected chi connectivity index (χ0v) is 18.1. The maximum absolute atomic E-state index is 5.94. The van der Waals surface area contributed by atoms with Crippen LogP contribution in [0.5, 0.6) is 17.4 Å². The molecular weight excluding hydrogens is 392 g/mol. The van der Waals surface area contributed by atoms with E-state index in [9.17, 15) is 0 Å².